The van der Waals surface area contributed by atoms with Crippen LogP contribution in [0.5, 0.6) is 0 Å². The van der Waals surface area contributed by atoms with Crippen molar-refractivity contribution in [2.24, 2.45) is 0 Å². The number of carboxylic acid groups (broad SMARTS) is 1. The highest BCUT2D eigenvalue weighted by atomic mass is 16.7. The molecule has 0 bridgehead atoms. The van der Waals surface area contributed by atoms with Gasteiger partial charge in [0.15, 0.2) is 24.6 Å². The van der Waals surface area contributed by atoms with E-state index in [9.17, 15) is 34.5 Å². The Morgan fingerprint density at radius 2 is 0.831 bits per heavy atom. The first-order valence-corrected chi connectivity index (χ1v) is 29.2. The molecule has 1 rings (SSSR count). The number of carboxylic acids is 1. The number of unbranched alkanes of at least 4 members (excludes halogenated alkanes) is 11. The summed E-state index contributed by atoms with van der Waals surface area (Å²) in [5.74, 6) is -3.27. The molecule has 3 N–H and O–H groups in total. The number of carbonyl (C=O) groups is 4. The number of hydrogen-bond donors (Lipinski definition) is 3. The van der Waals surface area contributed by atoms with Gasteiger partial charge in [0, 0.05) is 19.3 Å². The van der Waals surface area contributed by atoms with Crippen LogP contribution >= 0.6 is 0 Å². The second-order valence-corrected chi connectivity index (χ2v) is 19.2. The van der Waals surface area contributed by atoms with Gasteiger partial charge in [-0.25, -0.2) is 4.79 Å². The number of rotatable bonds is 47. The quantitative estimate of drug-likeness (QED) is 0.0228. The van der Waals surface area contributed by atoms with Crippen molar-refractivity contribution in [2.75, 3.05) is 13.2 Å². The molecule has 1 fully saturated rings. The van der Waals surface area contributed by atoms with Crippen molar-refractivity contribution < 1.29 is 58.2 Å². The van der Waals surface area contributed by atoms with E-state index in [0.29, 0.717) is 25.7 Å². The lowest BCUT2D eigenvalue weighted by Gasteiger charge is -2.40. The summed E-state index contributed by atoms with van der Waals surface area (Å²) < 4.78 is 28.3. The van der Waals surface area contributed by atoms with E-state index in [-0.39, 0.29) is 25.9 Å². The van der Waals surface area contributed by atoms with Crippen molar-refractivity contribution in [3.8, 4) is 0 Å². The van der Waals surface area contributed by atoms with Crippen LogP contribution in [0.2, 0.25) is 0 Å². The molecule has 77 heavy (non-hydrogen) atoms. The normalized spacial score (nSPS) is 19.0. The Kier molecular flexibility index (Phi) is 46.8. The zero-order chi connectivity index (χ0) is 56.1. The van der Waals surface area contributed by atoms with E-state index in [1.54, 1.807) is 0 Å². The molecule has 0 radical (unpaired) electrons. The van der Waals surface area contributed by atoms with Crippen molar-refractivity contribution in [1.29, 1.82) is 0 Å². The van der Waals surface area contributed by atoms with Crippen LogP contribution in [0.3, 0.4) is 0 Å². The topological polar surface area (TPSA) is 175 Å². The van der Waals surface area contributed by atoms with Gasteiger partial charge >= 0.3 is 23.9 Å². The number of allylic oxidation sites excluding steroid dienone is 22. The van der Waals surface area contributed by atoms with Gasteiger partial charge in [0.1, 0.15) is 18.8 Å². The number of hydrogen-bond acceptors (Lipinski definition) is 11. The molecule has 0 aromatic rings. The Hall–Kier alpha value is -5.14. The molecule has 432 valence electrons. The summed E-state index contributed by atoms with van der Waals surface area (Å²) in [4.78, 5) is 51.1. The molecule has 0 aromatic carbocycles. The Morgan fingerprint density at radius 3 is 1.29 bits per heavy atom. The molecule has 1 heterocycles. The molecule has 0 aliphatic carbocycles. The Balaban J connectivity index is 2.76. The van der Waals surface area contributed by atoms with Gasteiger partial charge in [-0.15, -0.1) is 0 Å². The lowest BCUT2D eigenvalue weighted by Crippen LogP contribution is -2.61. The molecule has 12 heteroatoms. The maximum atomic E-state index is 13.1. The molecule has 1 saturated heterocycles. The molecular weight excluding hydrogens is 973 g/mol. The van der Waals surface area contributed by atoms with Crippen LogP contribution in [-0.2, 0) is 42.9 Å². The van der Waals surface area contributed by atoms with Gasteiger partial charge < -0.3 is 39.0 Å². The first kappa shape index (κ1) is 69.9. The van der Waals surface area contributed by atoms with Gasteiger partial charge in [0.25, 0.3) is 0 Å². The summed E-state index contributed by atoms with van der Waals surface area (Å²) in [7, 11) is 0. The van der Waals surface area contributed by atoms with Crippen LogP contribution in [0.1, 0.15) is 201 Å². The standard InChI is InChI=1S/C65H100O12/c1-4-7-10-13-16-19-22-25-27-29-31-34-36-39-42-45-48-51-57(66)73-54-56(75-58(67)52-49-46-43-40-37-33-24-21-18-15-12-9-6-3)55-74-65-63(61(70)60(69)62(77-65)64(71)72)76-59(68)53-50-47-44-41-38-35-32-30-28-26-23-20-17-14-11-8-5-2/h7-8,10-12,15-17,19-21,24-28,31-32,34-35,39,42,56,60-63,65,69-70H,4-6,9,13-14,18,22-23,29-30,33,36-38,40-41,43-55H2,1-3H3,(H,71,72)/b10-7-,11-8-,15-12-,19-16-,20-17-,24-21-,27-25-,28-26-,34-31-,35-32-,42-39-. The maximum absolute atomic E-state index is 13.1. The predicted molar refractivity (Wildman–Crippen MR) is 312 cm³/mol. The second-order valence-electron chi connectivity index (χ2n) is 19.2. The Bertz CT molecular complexity index is 1850. The summed E-state index contributed by atoms with van der Waals surface area (Å²) in [5.41, 5.74) is 0. The van der Waals surface area contributed by atoms with Crippen LogP contribution in [0.4, 0.5) is 0 Å². The number of aliphatic hydroxyl groups is 2. The lowest BCUT2D eigenvalue weighted by molar-refractivity contribution is -0.301. The summed E-state index contributed by atoms with van der Waals surface area (Å²) in [6.45, 7) is 5.61. The summed E-state index contributed by atoms with van der Waals surface area (Å²) in [6, 6.07) is 0. The second kappa shape index (κ2) is 51.6. The highest BCUT2D eigenvalue weighted by Gasteiger charge is 2.50. The maximum Gasteiger partial charge on any atom is 0.335 e. The van der Waals surface area contributed by atoms with Crippen molar-refractivity contribution in [3.05, 3.63) is 134 Å². The van der Waals surface area contributed by atoms with Crippen molar-refractivity contribution in [3.63, 3.8) is 0 Å². The minimum Gasteiger partial charge on any atom is -0.479 e. The number of ether oxygens (including phenoxy) is 5. The SMILES string of the molecule is CC/C=C\C/C=C\C/C=C\C/C=C\C/C=C\CCCC(=O)OCC(COC1OC(C(=O)O)C(O)C(O)C1OC(=O)CCCCCC/C=C\C/C=C\C/C=C\C/C=C\CC)OC(=O)CCCCCCC/C=C\C/C=C\CCC. The molecule has 0 aromatic heterocycles. The van der Waals surface area contributed by atoms with Crippen molar-refractivity contribution >= 4 is 23.9 Å². The predicted octanol–water partition coefficient (Wildman–Crippen LogP) is 15.0. The van der Waals surface area contributed by atoms with Gasteiger partial charge in [-0.3, -0.25) is 14.4 Å². The van der Waals surface area contributed by atoms with E-state index in [1.807, 2.05) is 6.08 Å². The summed E-state index contributed by atoms with van der Waals surface area (Å²) in [5, 5.41) is 31.5. The fourth-order valence-corrected chi connectivity index (χ4v) is 7.78. The molecule has 12 nitrogen and oxygen atoms in total. The number of esters is 3. The van der Waals surface area contributed by atoms with E-state index < -0.39 is 67.3 Å². The number of aliphatic carboxylic acids is 1. The molecular formula is C65H100O12. The van der Waals surface area contributed by atoms with Gasteiger partial charge in [0.2, 0.25) is 0 Å². The van der Waals surface area contributed by atoms with Crippen molar-refractivity contribution in [1.82, 2.24) is 0 Å². The van der Waals surface area contributed by atoms with Crippen LogP contribution in [0.15, 0.2) is 134 Å². The largest absolute Gasteiger partial charge is 0.479 e. The van der Waals surface area contributed by atoms with Crippen LogP contribution in [-0.4, -0.2) is 89.2 Å². The Morgan fingerprint density at radius 1 is 0.442 bits per heavy atom. The van der Waals surface area contributed by atoms with Gasteiger partial charge in [-0.2, -0.15) is 0 Å². The minimum absolute atomic E-state index is 0.0176. The molecule has 0 amide bonds. The Labute approximate surface area is 464 Å². The third-order valence-electron chi connectivity index (χ3n) is 12.2. The molecule has 0 spiro atoms. The fourth-order valence-electron chi connectivity index (χ4n) is 7.78. The first-order valence-electron chi connectivity index (χ1n) is 29.2. The molecule has 6 atom stereocenters. The smallest absolute Gasteiger partial charge is 0.335 e. The summed E-state index contributed by atoms with van der Waals surface area (Å²) >= 11 is 0. The molecule has 1 aliphatic heterocycles. The first-order chi connectivity index (χ1) is 37.6. The number of aliphatic hydroxyl groups excluding tert-OH is 2. The van der Waals surface area contributed by atoms with Crippen molar-refractivity contribution in [2.45, 2.75) is 237 Å². The summed E-state index contributed by atoms with van der Waals surface area (Å²) in [6.07, 6.45) is 60.0. The monoisotopic (exact) mass is 1070 g/mol. The third kappa shape index (κ3) is 41.6. The van der Waals surface area contributed by atoms with Gasteiger partial charge in [-0.1, -0.05) is 193 Å². The average molecular weight is 1070 g/mol. The zero-order valence-electron chi connectivity index (χ0n) is 47.4. The molecule has 0 saturated carbocycles. The fraction of sp³-hybridized carbons (Fsp3) is 0.600. The third-order valence-corrected chi connectivity index (χ3v) is 12.2. The van der Waals surface area contributed by atoms with E-state index in [0.717, 1.165) is 135 Å². The van der Waals surface area contributed by atoms with E-state index in [1.165, 1.54) is 0 Å². The van der Waals surface area contributed by atoms with Crippen LogP contribution in [0, 0.1) is 0 Å². The highest BCUT2D eigenvalue weighted by Crippen LogP contribution is 2.26. The van der Waals surface area contributed by atoms with Gasteiger partial charge in [-0.05, 0) is 122 Å². The zero-order valence-corrected chi connectivity index (χ0v) is 47.4. The highest BCUT2D eigenvalue weighted by molar-refractivity contribution is 5.74. The average Bonchev–Trinajstić information content (AvgIpc) is 3.42. The number of carbonyl (C=O) groups excluding carboxylic acids is 3. The van der Waals surface area contributed by atoms with Gasteiger partial charge in [0.05, 0.1) is 6.61 Å². The van der Waals surface area contributed by atoms with E-state index >= 15 is 0 Å². The minimum atomic E-state index is -1.93. The molecule has 6 unspecified atom stereocenters. The van der Waals surface area contributed by atoms with Crippen LogP contribution < -0.4 is 0 Å². The lowest BCUT2D eigenvalue weighted by atomic mass is 9.98. The van der Waals surface area contributed by atoms with E-state index in [4.69, 9.17) is 23.7 Å². The molecule has 1 aliphatic rings. The van der Waals surface area contributed by atoms with E-state index in [2.05, 4.69) is 148 Å². The van der Waals surface area contributed by atoms with Crippen LogP contribution in [0.25, 0.3) is 0 Å².